The van der Waals surface area contributed by atoms with Crippen LogP contribution >= 0.6 is 0 Å². The Labute approximate surface area is 129 Å². The molecule has 0 saturated heterocycles. The molecule has 2 aromatic rings. The number of carboxylic acid groups (broad SMARTS) is 1. The number of aliphatic imine (C=N–C) groups is 1. The summed E-state index contributed by atoms with van der Waals surface area (Å²) in [6.07, 6.45) is 1.21. The fourth-order valence-corrected chi connectivity index (χ4v) is 1.93. The quantitative estimate of drug-likeness (QED) is 0.630. The summed E-state index contributed by atoms with van der Waals surface area (Å²) in [4.78, 5) is 28.4. The molecule has 0 saturated carbocycles. The minimum absolute atomic E-state index is 0.142. The molecule has 1 aromatic heterocycles. The van der Waals surface area contributed by atoms with Crippen molar-refractivity contribution < 1.29 is 20.1 Å². The number of rotatable bonds is 3. The van der Waals surface area contributed by atoms with Crippen LogP contribution in [0.25, 0.3) is 0 Å². The van der Waals surface area contributed by atoms with E-state index in [4.69, 9.17) is 10.4 Å². The van der Waals surface area contributed by atoms with Crippen molar-refractivity contribution in [2.75, 3.05) is 0 Å². The number of carboxylic acids is 1. The van der Waals surface area contributed by atoms with E-state index in [0.717, 1.165) is 6.07 Å². The third kappa shape index (κ3) is 3.03. The Bertz CT molecular complexity index is 922. The first kappa shape index (κ1) is 15.8. The molecule has 0 fully saturated rings. The van der Waals surface area contributed by atoms with Crippen molar-refractivity contribution in [3.63, 3.8) is 0 Å². The SMILES string of the molecule is Cc1c(C=Nc2ccc(C(=O)O)c(O)c2)c(O)[nH]c(=O)c1C#N. The van der Waals surface area contributed by atoms with E-state index in [1.807, 2.05) is 0 Å². The van der Waals surface area contributed by atoms with Gasteiger partial charge in [0.05, 0.1) is 11.3 Å². The predicted octanol–water partition coefficient (Wildman–Crippen LogP) is 1.42. The molecule has 0 aliphatic heterocycles. The van der Waals surface area contributed by atoms with E-state index < -0.39 is 23.2 Å². The highest BCUT2D eigenvalue weighted by Crippen LogP contribution is 2.24. The van der Waals surface area contributed by atoms with E-state index in [1.165, 1.54) is 25.3 Å². The van der Waals surface area contributed by atoms with Crippen molar-refractivity contribution in [2.24, 2.45) is 4.99 Å². The molecule has 0 atom stereocenters. The maximum atomic E-state index is 11.5. The lowest BCUT2D eigenvalue weighted by Crippen LogP contribution is -2.14. The van der Waals surface area contributed by atoms with Gasteiger partial charge in [0.25, 0.3) is 5.56 Å². The van der Waals surface area contributed by atoms with E-state index in [9.17, 15) is 19.8 Å². The molecule has 23 heavy (non-hydrogen) atoms. The van der Waals surface area contributed by atoms with Gasteiger partial charge in [-0.3, -0.25) is 14.8 Å². The first-order valence-corrected chi connectivity index (χ1v) is 6.31. The van der Waals surface area contributed by atoms with Crippen LogP contribution in [-0.4, -0.2) is 32.5 Å². The van der Waals surface area contributed by atoms with Gasteiger partial charge in [-0.2, -0.15) is 5.26 Å². The lowest BCUT2D eigenvalue weighted by atomic mass is 10.1. The molecule has 1 aromatic carbocycles. The molecule has 0 aliphatic rings. The molecular formula is C15H11N3O5. The Hall–Kier alpha value is -3.60. The fraction of sp³-hybridized carbons (Fsp3) is 0.0667. The number of pyridine rings is 1. The zero-order valence-electron chi connectivity index (χ0n) is 11.9. The summed E-state index contributed by atoms with van der Waals surface area (Å²) in [6.45, 7) is 1.49. The zero-order chi connectivity index (χ0) is 17.1. The summed E-state index contributed by atoms with van der Waals surface area (Å²) in [6, 6.07) is 5.43. The molecule has 4 N–H and O–H groups in total. The number of nitrogens with zero attached hydrogens (tertiary/aromatic N) is 2. The van der Waals surface area contributed by atoms with Gasteiger partial charge in [0.15, 0.2) is 0 Å². The molecule has 0 amide bonds. The van der Waals surface area contributed by atoms with Crippen molar-refractivity contribution in [1.29, 1.82) is 5.26 Å². The number of hydrogen-bond acceptors (Lipinski definition) is 6. The molecule has 8 heteroatoms. The number of hydrogen-bond donors (Lipinski definition) is 4. The van der Waals surface area contributed by atoms with Crippen molar-refractivity contribution in [2.45, 2.75) is 6.92 Å². The highest BCUT2D eigenvalue weighted by Gasteiger charge is 2.13. The summed E-state index contributed by atoms with van der Waals surface area (Å²) in [5.41, 5.74) is -0.488. The van der Waals surface area contributed by atoms with Crippen LogP contribution in [0.5, 0.6) is 11.6 Å². The van der Waals surface area contributed by atoms with Crippen LogP contribution in [0.3, 0.4) is 0 Å². The molecule has 8 nitrogen and oxygen atoms in total. The third-order valence-corrected chi connectivity index (χ3v) is 3.16. The number of H-pyrrole nitrogens is 1. The molecule has 116 valence electrons. The Morgan fingerprint density at radius 2 is 2.09 bits per heavy atom. The molecule has 0 unspecified atom stereocenters. The highest BCUT2D eigenvalue weighted by atomic mass is 16.4. The summed E-state index contributed by atoms with van der Waals surface area (Å²) in [5.74, 6) is -2.17. The summed E-state index contributed by atoms with van der Waals surface area (Å²) < 4.78 is 0. The average Bonchev–Trinajstić information content (AvgIpc) is 2.46. The van der Waals surface area contributed by atoms with Gasteiger partial charge in [0, 0.05) is 12.3 Å². The number of phenols is 1. The molecule has 0 radical (unpaired) electrons. The van der Waals surface area contributed by atoms with Gasteiger partial charge in [0.1, 0.15) is 22.9 Å². The van der Waals surface area contributed by atoms with E-state index in [0.29, 0.717) is 0 Å². The number of benzene rings is 1. The average molecular weight is 313 g/mol. The van der Waals surface area contributed by atoms with Crippen LogP contribution in [0.2, 0.25) is 0 Å². The van der Waals surface area contributed by atoms with Crippen molar-refractivity contribution in [3.05, 3.63) is 50.8 Å². The smallest absolute Gasteiger partial charge is 0.339 e. The molecule has 0 spiro atoms. The molecule has 0 bridgehead atoms. The molecule has 2 rings (SSSR count). The number of nitrogens with one attached hydrogen (secondary N) is 1. The number of carbonyl (C=O) groups is 1. The second-order valence-corrected chi connectivity index (χ2v) is 4.59. The van der Waals surface area contributed by atoms with Gasteiger partial charge in [-0.25, -0.2) is 4.79 Å². The first-order valence-electron chi connectivity index (χ1n) is 6.31. The number of aromatic hydroxyl groups is 2. The topological polar surface area (TPSA) is 147 Å². The number of nitriles is 1. The van der Waals surface area contributed by atoms with Gasteiger partial charge >= 0.3 is 5.97 Å². The fourth-order valence-electron chi connectivity index (χ4n) is 1.93. The number of aromatic nitrogens is 1. The zero-order valence-corrected chi connectivity index (χ0v) is 11.9. The van der Waals surface area contributed by atoms with Crippen LogP contribution < -0.4 is 5.56 Å². The van der Waals surface area contributed by atoms with E-state index in [2.05, 4.69) is 9.98 Å². The lowest BCUT2D eigenvalue weighted by Gasteiger charge is -2.05. The van der Waals surface area contributed by atoms with Crippen molar-refractivity contribution in [1.82, 2.24) is 4.98 Å². The van der Waals surface area contributed by atoms with Crippen LogP contribution in [0.1, 0.15) is 27.0 Å². The Balaban J connectivity index is 2.46. The summed E-state index contributed by atoms with van der Waals surface area (Å²) in [5, 5.41) is 37.1. The van der Waals surface area contributed by atoms with Crippen molar-refractivity contribution >= 4 is 17.9 Å². The maximum Gasteiger partial charge on any atom is 0.339 e. The second-order valence-electron chi connectivity index (χ2n) is 4.59. The Morgan fingerprint density at radius 1 is 1.39 bits per heavy atom. The molecule has 0 aliphatic carbocycles. The minimum atomic E-state index is -1.27. The van der Waals surface area contributed by atoms with Crippen LogP contribution in [-0.2, 0) is 0 Å². The van der Waals surface area contributed by atoms with Gasteiger partial charge < -0.3 is 15.3 Å². The van der Waals surface area contributed by atoms with Crippen LogP contribution in [0.4, 0.5) is 5.69 Å². The van der Waals surface area contributed by atoms with Gasteiger partial charge in [0.2, 0.25) is 5.88 Å². The maximum absolute atomic E-state index is 11.5. The lowest BCUT2D eigenvalue weighted by molar-refractivity contribution is 0.0694. The van der Waals surface area contributed by atoms with E-state index in [-0.39, 0.29) is 27.9 Å². The van der Waals surface area contributed by atoms with E-state index >= 15 is 0 Å². The van der Waals surface area contributed by atoms with Crippen LogP contribution in [0, 0.1) is 18.3 Å². The molecular weight excluding hydrogens is 302 g/mol. The highest BCUT2D eigenvalue weighted by molar-refractivity contribution is 5.92. The number of aromatic carboxylic acids is 1. The third-order valence-electron chi connectivity index (χ3n) is 3.16. The van der Waals surface area contributed by atoms with Gasteiger partial charge in [-0.1, -0.05) is 0 Å². The normalized spacial score (nSPS) is 10.6. The first-order chi connectivity index (χ1) is 10.8. The summed E-state index contributed by atoms with van der Waals surface area (Å²) >= 11 is 0. The van der Waals surface area contributed by atoms with Crippen molar-refractivity contribution in [3.8, 4) is 17.7 Å². The van der Waals surface area contributed by atoms with Gasteiger partial charge in [-0.05, 0) is 24.6 Å². The Kier molecular flexibility index (Phi) is 4.14. The standard InChI is InChI=1S/C15H11N3O5/c1-7-10(5-16)13(20)18-14(21)11(7)6-17-8-2-3-9(15(22)23)12(19)4-8/h2-4,6,19H,1H3,(H,22,23)(H2,18,20,21). The largest absolute Gasteiger partial charge is 0.507 e. The van der Waals surface area contributed by atoms with E-state index in [1.54, 1.807) is 6.07 Å². The van der Waals surface area contributed by atoms with Gasteiger partial charge in [-0.15, -0.1) is 0 Å². The monoisotopic (exact) mass is 313 g/mol. The predicted molar refractivity (Wildman–Crippen MR) is 80.5 cm³/mol. The summed E-state index contributed by atoms with van der Waals surface area (Å²) in [7, 11) is 0. The number of aromatic amines is 1. The second kappa shape index (κ2) is 6.03. The minimum Gasteiger partial charge on any atom is -0.507 e. The Morgan fingerprint density at radius 3 is 2.65 bits per heavy atom. The molecule has 1 heterocycles. The van der Waals surface area contributed by atoms with Crippen LogP contribution in [0.15, 0.2) is 28.0 Å².